The molecule has 16 heavy (non-hydrogen) atoms. The Labute approximate surface area is 98.0 Å². The van der Waals surface area contributed by atoms with E-state index in [1.807, 2.05) is 0 Å². The molecule has 2 N–H and O–H groups in total. The topological polar surface area (TPSA) is 55.5 Å². The molecule has 8 heteroatoms. The average molecular weight is 275 g/mol. The van der Waals surface area contributed by atoms with Gasteiger partial charge in [0.25, 0.3) is 0 Å². The summed E-state index contributed by atoms with van der Waals surface area (Å²) in [7, 11) is -1.52. The zero-order valence-electron chi connectivity index (χ0n) is 8.13. The van der Waals surface area contributed by atoms with Crippen molar-refractivity contribution in [2.75, 3.05) is 12.3 Å². The number of hydrogen-bond donors (Lipinski definition) is 1. The number of allylic oxidation sites excluding steroid dienone is 1. The van der Waals surface area contributed by atoms with E-state index in [0.717, 1.165) is 6.21 Å². The fraction of sp³-hybridized carbons (Fsp3) is 0.625. The second-order valence-corrected chi connectivity index (χ2v) is 5.12. The summed E-state index contributed by atoms with van der Waals surface area (Å²) in [5.41, 5.74) is 5.19. The molecule has 0 aliphatic carbocycles. The number of aliphatic imine (C=N–C) groups is 1. The molecule has 0 fully saturated rings. The first kappa shape index (κ1) is 13.7. The molecule has 0 saturated heterocycles. The molecule has 1 heterocycles. The average Bonchev–Trinajstić information content (AvgIpc) is 2.16. The standard InChI is InChI=1S/C8H10ClF3N2OS/c9-6-3-5(8(10,11)12)4-14-7(6)16(15)2-1-13/h4-5H,1-3,13H2. The number of nitrogens with two attached hydrogens (primary N) is 1. The molecule has 92 valence electrons. The molecule has 0 aromatic carbocycles. The van der Waals surface area contributed by atoms with Gasteiger partial charge in [-0.25, -0.2) is 4.99 Å². The first-order valence-corrected chi connectivity index (χ1v) is 6.14. The van der Waals surface area contributed by atoms with Gasteiger partial charge in [0.1, 0.15) is 5.03 Å². The molecule has 0 aromatic heterocycles. The van der Waals surface area contributed by atoms with Gasteiger partial charge in [-0.1, -0.05) is 11.6 Å². The lowest BCUT2D eigenvalue weighted by Crippen LogP contribution is -2.27. The van der Waals surface area contributed by atoms with Crippen LogP contribution in [-0.4, -0.2) is 28.9 Å². The summed E-state index contributed by atoms with van der Waals surface area (Å²) < 4.78 is 48.4. The fourth-order valence-corrected chi connectivity index (χ4v) is 2.54. The highest BCUT2D eigenvalue weighted by molar-refractivity contribution is 7.89. The first-order chi connectivity index (χ1) is 7.36. The van der Waals surface area contributed by atoms with E-state index in [1.54, 1.807) is 0 Å². The number of rotatable bonds is 3. The first-order valence-electron chi connectivity index (χ1n) is 4.44. The van der Waals surface area contributed by atoms with Gasteiger partial charge in [-0.3, -0.25) is 4.21 Å². The number of hydrogen-bond acceptors (Lipinski definition) is 3. The third kappa shape index (κ3) is 3.29. The Kier molecular flexibility index (Phi) is 4.52. The molecular formula is C8H10ClF3N2OS. The van der Waals surface area contributed by atoms with Crippen LogP contribution in [0.3, 0.4) is 0 Å². The van der Waals surface area contributed by atoms with Crippen LogP contribution in [0.1, 0.15) is 6.42 Å². The normalized spacial score (nSPS) is 23.7. The third-order valence-corrected chi connectivity index (χ3v) is 3.78. The van der Waals surface area contributed by atoms with Crippen molar-refractivity contribution < 1.29 is 17.4 Å². The summed E-state index contributed by atoms with van der Waals surface area (Å²) in [5, 5.41) is -0.0933. The van der Waals surface area contributed by atoms with Crippen LogP contribution in [0, 0.1) is 5.92 Å². The van der Waals surface area contributed by atoms with Gasteiger partial charge in [0.05, 0.1) is 21.7 Å². The minimum Gasteiger partial charge on any atom is -0.330 e. The van der Waals surface area contributed by atoms with Gasteiger partial charge in [0, 0.05) is 24.9 Å². The van der Waals surface area contributed by atoms with E-state index >= 15 is 0 Å². The van der Waals surface area contributed by atoms with Crippen molar-refractivity contribution in [2.45, 2.75) is 12.6 Å². The van der Waals surface area contributed by atoms with Crippen molar-refractivity contribution in [2.24, 2.45) is 16.6 Å². The van der Waals surface area contributed by atoms with E-state index in [-0.39, 0.29) is 22.4 Å². The third-order valence-electron chi connectivity index (χ3n) is 1.94. The number of alkyl halides is 3. The van der Waals surface area contributed by atoms with Crippen LogP contribution in [0.15, 0.2) is 15.1 Å². The van der Waals surface area contributed by atoms with Crippen molar-refractivity contribution in [3.8, 4) is 0 Å². The van der Waals surface area contributed by atoms with Crippen LogP contribution in [0.25, 0.3) is 0 Å². The Bertz CT molecular complexity index is 354. The van der Waals surface area contributed by atoms with Crippen molar-refractivity contribution in [3.63, 3.8) is 0 Å². The Morgan fingerprint density at radius 2 is 2.25 bits per heavy atom. The minimum atomic E-state index is -4.37. The van der Waals surface area contributed by atoms with Gasteiger partial charge in [-0.2, -0.15) is 13.2 Å². The van der Waals surface area contributed by atoms with Gasteiger partial charge in [0.2, 0.25) is 0 Å². The molecule has 0 bridgehead atoms. The van der Waals surface area contributed by atoms with Gasteiger partial charge in [-0.05, 0) is 0 Å². The van der Waals surface area contributed by atoms with Crippen molar-refractivity contribution in [3.05, 3.63) is 10.1 Å². The maximum Gasteiger partial charge on any atom is 0.397 e. The van der Waals surface area contributed by atoms with Crippen LogP contribution in [-0.2, 0) is 10.8 Å². The number of nitrogens with zero attached hydrogens (tertiary/aromatic N) is 1. The molecule has 2 unspecified atom stereocenters. The zero-order valence-corrected chi connectivity index (χ0v) is 9.70. The SMILES string of the molecule is NCCS(=O)C1=C(Cl)CC(C(F)(F)F)C=N1. The number of halogens is 4. The van der Waals surface area contributed by atoms with Crippen LogP contribution >= 0.6 is 11.6 Å². The molecule has 1 aliphatic rings. The highest BCUT2D eigenvalue weighted by atomic mass is 35.5. The molecule has 0 saturated carbocycles. The maximum absolute atomic E-state index is 12.3. The molecule has 1 aliphatic heterocycles. The predicted molar refractivity (Wildman–Crippen MR) is 57.6 cm³/mol. The molecule has 1 rings (SSSR count). The Balaban J connectivity index is 2.80. The molecule has 0 spiro atoms. The lowest BCUT2D eigenvalue weighted by Gasteiger charge is -2.20. The second-order valence-electron chi connectivity index (χ2n) is 3.18. The van der Waals surface area contributed by atoms with Crippen molar-refractivity contribution in [1.82, 2.24) is 0 Å². The summed E-state index contributed by atoms with van der Waals surface area (Å²) in [5.74, 6) is -1.56. The molecule has 0 radical (unpaired) electrons. The minimum absolute atomic E-state index is 0.00705. The molecule has 0 amide bonds. The molecular weight excluding hydrogens is 265 g/mol. The monoisotopic (exact) mass is 274 g/mol. The van der Waals surface area contributed by atoms with Crippen molar-refractivity contribution >= 4 is 28.6 Å². The summed E-state index contributed by atoms with van der Waals surface area (Å²) in [6, 6.07) is 0. The zero-order chi connectivity index (χ0) is 12.3. The lowest BCUT2D eigenvalue weighted by atomic mass is 10.1. The quantitative estimate of drug-likeness (QED) is 0.852. The van der Waals surface area contributed by atoms with E-state index in [4.69, 9.17) is 17.3 Å². The maximum atomic E-state index is 12.3. The second kappa shape index (κ2) is 5.29. The van der Waals surface area contributed by atoms with E-state index < -0.39 is 29.3 Å². The van der Waals surface area contributed by atoms with E-state index in [9.17, 15) is 17.4 Å². The van der Waals surface area contributed by atoms with Crippen LogP contribution in [0.2, 0.25) is 0 Å². The predicted octanol–water partition coefficient (Wildman–Crippen LogP) is 1.75. The van der Waals surface area contributed by atoms with Crippen LogP contribution in [0.5, 0.6) is 0 Å². The van der Waals surface area contributed by atoms with Crippen molar-refractivity contribution in [1.29, 1.82) is 0 Å². The Morgan fingerprint density at radius 3 is 2.69 bits per heavy atom. The van der Waals surface area contributed by atoms with E-state index in [2.05, 4.69) is 4.99 Å². The fourth-order valence-electron chi connectivity index (χ4n) is 1.15. The van der Waals surface area contributed by atoms with Gasteiger partial charge < -0.3 is 5.73 Å². The highest BCUT2D eigenvalue weighted by Gasteiger charge is 2.40. The molecule has 3 nitrogen and oxygen atoms in total. The summed E-state index contributed by atoms with van der Waals surface area (Å²) >= 11 is 5.65. The molecule has 0 aromatic rings. The van der Waals surface area contributed by atoms with Crippen LogP contribution < -0.4 is 5.73 Å². The van der Waals surface area contributed by atoms with Crippen LogP contribution in [0.4, 0.5) is 13.2 Å². The summed E-state index contributed by atoms with van der Waals surface area (Å²) in [4.78, 5) is 3.52. The van der Waals surface area contributed by atoms with E-state index in [1.165, 1.54) is 0 Å². The summed E-state index contributed by atoms with van der Waals surface area (Å²) in [6.07, 6.45) is -4.03. The lowest BCUT2D eigenvalue weighted by molar-refractivity contribution is -0.153. The van der Waals surface area contributed by atoms with E-state index in [0.29, 0.717) is 0 Å². The van der Waals surface area contributed by atoms with Gasteiger partial charge in [-0.15, -0.1) is 0 Å². The highest BCUT2D eigenvalue weighted by Crippen LogP contribution is 2.35. The Morgan fingerprint density at radius 1 is 1.62 bits per heavy atom. The largest absolute Gasteiger partial charge is 0.397 e. The smallest absolute Gasteiger partial charge is 0.330 e. The Hall–Kier alpha value is -0.400. The van der Waals surface area contributed by atoms with Gasteiger partial charge in [0.15, 0.2) is 0 Å². The summed E-state index contributed by atoms with van der Waals surface area (Å²) in [6.45, 7) is 0.165. The van der Waals surface area contributed by atoms with Gasteiger partial charge >= 0.3 is 6.18 Å². The molecule has 2 atom stereocenters.